The number of halogens is 3. The lowest BCUT2D eigenvalue weighted by atomic mass is 9.92. The van der Waals surface area contributed by atoms with Crippen molar-refractivity contribution in [3.8, 4) is 5.75 Å². The molecule has 1 aliphatic heterocycles. The normalized spacial score (nSPS) is 19.5. The highest BCUT2D eigenvalue weighted by Gasteiger charge is 2.49. The standard InChI is InChI=1S/C22H22F3N3O4/c1-14(15-7-5-4-6-8-15)27(3)18(29)13-28-19(30)21(2,26-20(28)31)16-9-11-17(12-10-16)32-22(23,24)25/h4-12,14H,13H2,1-3H3,(H,26,31). The molecule has 32 heavy (non-hydrogen) atoms. The summed E-state index contributed by atoms with van der Waals surface area (Å²) in [5, 5.41) is 2.52. The molecule has 0 bridgehead atoms. The highest BCUT2D eigenvalue weighted by molar-refractivity contribution is 6.09. The summed E-state index contributed by atoms with van der Waals surface area (Å²) in [6.07, 6.45) is -4.84. The van der Waals surface area contributed by atoms with Crippen molar-refractivity contribution in [3.63, 3.8) is 0 Å². The van der Waals surface area contributed by atoms with Gasteiger partial charge in [-0.2, -0.15) is 0 Å². The summed E-state index contributed by atoms with van der Waals surface area (Å²) in [5.41, 5.74) is -0.379. The van der Waals surface area contributed by atoms with E-state index >= 15 is 0 Å². The Kier molecular flexibility index (Phi) is 6.16. The van der Waals surface area contributed by atoms with E-state index in [0.29, 0.717) is 0 Å². The highest BCUT2D eigenvalue weighted by Crippen LogP contribution is 2.31. The molecule has 1 heterocycles. The minimum absolute atomic E-state index is 0.256. The summed E-state index contributed by atoms with van der Waals surface area (Å²) in [7, 11) is 1.58. The average Bonchev–Trinajstić information content (AvgIpc) is 2.96. The second kappa shape index (κ2) is 8.52. The van der Waals surface area contributed by atoms with Crippen LogP contribution in [0.3, 0.4) is 0 Å². The number of hydrogen-bond acceptors (Lipinski definition) is 4. The molecule has 2 unspecified atom stereocenters. The Labute approximate surface area is 182 Å². The first kappa shape index (κ1) is 23.1. The van der Waals surface area contributed by atoms with Crippen molar-refractivity contribution in [1.29, 1.82) is 0 Å². The summed E-state index contributed by atoms with van der Waals surface area (Å²) in [4.78, 5) is 40.5. The molecule has 0 radical (unpaired) electrons. The molecule has 0 aliphatic carbocycles. The molecule has 2 atom stereocenters. The van der Waals surface area contributed by atoms with Gasteiger partial charge in [-0.05, 0) is 37.1 Å². The van der Waals surface area contributed by atoms with Crippen LogP contribution in [0.1, 0.15) is 31.0 Å². The number of carbonyl (C=O) groups is 3. The third kappa shape index (κ3) is 4.68. The predicted octanol–water partition coefficient (Wildman–Crippen LogP) is 3.57. The van der Waals surface area contributed by atoms with Crippen molar-refractivity contribution in [3.05, 3.63) is 65.7 Å². The number of likely N-dealkylation sites (N-methyl/N-ethyl adjacent to an activating group) is 1. The van der Waals surface area contributed by atoms with Gasteiger partial charge in [0.25, 0.3) is 5.91 Å². The maximum atomic E-state index is 13.0. The maximum absolute atomic E-state index is 13.0. The van der Waals surface area contributed by atoms with Crippen molar-refractivity contribution in [1.82, 2.24) is 15.1 Å². The van der Waals surface area contributed by atoms with Gasteiger partial charge < -0.3 is 15.0 Å². The van der Waals surface area contributed by atoms with E-state index in [2.05, 4.69) is 10.1 Å². The maximum Gasteiger partial charge on any atom is 0.573 e. The number of urea groups is 1. The summed E-state index contributed by atoms with van der Waals surface area (Å²) in [6.45, 7) is 2.78. The molecule has 1 fully saturated rings. The van der Waals surface area contributed by atoms with E-state index in [1.165, 1.54) is 24.0 Å². The van der Waals surface area contributed by atoms with Gasteiger partial charge in [-0.25, -0.2) is 4.79 Å². The topological polar surface area (TPSA) is 79.0 Å². The van der Waals surface area contributed by atoms with Crippen LogP contribution >= 0.6 is 0 Å². The molecule has 7 nitrogen and oxygen atoms in total. The molecule has 4 amide bonds. The lowest BCUT2D eigenvalue weighted by Gasteiger charge is -2.27. The summed E-state index contributed by atoms with van der Waals surface area (Å²) >= 11 is 0. The van der Waals surface area contributed by atoms with Crippen molar-refractivity contribution in [2.45, 2.75) is 31.8 Å². The number of nitrogens with zero attached hydrogens (tertiary/aromatic N) is 2. The minimum Gasteiger partial charge on any atom is -0.406 e. The molecule has 1 aliphatic rings. The fourth-order valence-corrected chi connectivity index (χ4v) is 3.44. The van der Waals surface area contributed by atoms with Crippen LogP contribution in [0, 0.1) is 0 Å². The summed E-state index contributed by atoms with van der Waals surface area (Å²) in [5.74, 6) is -1.57. The minimum atomic E-state index is -4.84. The lowest BCUT2D eigenvalue weighted by Crippen LogP contribution is -2.44. The highest BCUT2D eigenvalue weighted by atomic mass is 19.4. The van der Waals surface area contributed by atoms with E-state index in [-0.39, 0.29) is 11.6 Å². The molecule has 170 valence electrons. The number of rotatable bonds is 6. The third-order valence-electron chi connectivity index (χ3n) is 5.49. The van der Waals surface area contributed by atoms with Crippen molar-refractivity contribution >= 4 is 17.8 Å². The molecule has 2 aromatic rings. The third-order valence-corrected chi connectivity index (χ3v) is 5.49. The predicted molar refractivity (Wildman–Crippen MR) is 108 cm³/mol. The molecular weight excluding hydrogens is 427 g/mol. The molecule has 2 aromatic carbocycles. The van der Waals surface area contributed by atoms with Crippen LogP contribution < -0.4 is 10.1 Å². The Morgan fingerprint density at radius 2 is 1.72 bits per heavy atom. The van der Waals surface area contributed by atoms with Gasteiger partial charge in [-0.15, -0.1) is 13.2 Å². The molecule has 10 heteroatoms. The van der Waals surface area contributed by atoms with E-state index in [1.54, 1.807) is 7.05 Å². The number of amides is 4. The lowest BCUT2D eigenvalue weighted by molar-refractivity contribution is -0.274. The largest absolute Gasteiger partial charge is 0.573 e. The van der Waals surface area contributed by atoms with Gasteiger partial charge >= 0.3 is 12.4 Å². The van der Waals surface area contributed by atoms with Crippen molar-refractivity contribution < 1.29 is 32.3 Å². The Balaban J connectivity index is 1.73. The van der Waals surface area contributed by atoms with Gasteiger partial charge in [0.1, 0.15) is 17.8 Å². The Morgan fingerprint density at radius 1 is 1.12 bits per heavy atom. The molecule has 0 spiro atoms. The molecule has 0 saturated carbocycles. The van der Waals surface area contributed by atoms with Crippen LogP contribution in [0.5, 0.6) is 5.75 Å². The fraction of sp³-hybridized carbons (Fsp3) is 0.318. The number of ether oxygens (including phenoxy) is 1. The molecule has 3 rings (SSSR count). The van der Waals surface area contributed by atoms with E-state index in [1.807, 2.05) is 37.3 Å². The first-order valence-corrected chi connectivity index (χ1v) is 9.73. The first-order valence-electron chi connectivity index (χ1n) is 9.73. The molecular formula is C22H22F3N3O4. The van der Waals surface area contributed by atoms with Crippen LogP contribution in [-0.2, 0) is 15.1 Å². The van der Waals surface area contributed by atoms with E-state index < -0.39 is 42.0 Å². The quantitative estimate of drug-likeness (QED) is 0.684. The van der Waals surface area contributed by atoms with Crippen molar-refractivity contribution in [2.75, 3.05) is 13.6 Å². The van der Waals surface area contributed by atoms with Crippen LogP contribution in [0.15, 0.2) is 54.6 Å². The summed E-state index contributed by atoms with van der Waals surface area (Å²) in [6, 6.07) is 12.9. The van der Waals surface area contributed by atoms with Gasteiger partial charge in [0.05, 0.1) is 6.04 Å². The van der Waals surface area contributed by atoms with Gasteiger partial charge in [0.15, 0.2) is 0 Å². The number of hydrogen-bond donors (Lipinski definition) is 1. The smallest absolute Gasteiger partial charge is 0.406 e. The monoisotopic (exact) mass is 449 g/mol. The first-order chi connectivity index (χ1) is 14.9. The van der Waals surface area contributed by atoms with Crippen LogP contribution in [-0.4, -0.2) is 47.6 Å². The second-order valence-electron chi connectivity index (χ2n) is 7.61. The van der Waals surface area contributed by atoms with Crippen LogP contribution in [0.25, 0.3) is 0 Å². The molecule has 0 aromatic heterocycles. The Morgan fingerprint density at radius 3 is 2.28 bits per heavy atom. The number of benzene rings is 2. The number of imide groups is 1. The fourth-order valence-electron chi connectivity index (χ4n) is 3.44. The number of alkyl halides is 3. The van der Waals surface area contributed by atoms with Gasteiger partial charge in [-0.1, -0.05) is 42.5 Å². The van der Waals surface area contributed by atoms with E-state index in [0.717, 1.165) is 22.6 Å². The number of nitrogens with one attached hydrogen (secondary N) is 1. The van der Waals surface area contributed by atoms with Crippen LogP contribution in [0.2, 0.25) is 0 Å². The van der Waals surface area contributed by atoms with Crippen molar-refractivity contribution in [2.24, 2.45) is 0 Å². The zero-order chi connectivity index (χ0) is 23.7. The van der Waals surface area contributed by atoms with E-state index in [4.69, 9.17) is 0 Å². The summed E-state index contributed by atoms with van der Waals surface area (Å²) < 4.78 is 40.9. The SMILES string of the molecule is CC(c1ccccc1)N(C)C(=O)CN1C(=O)NC(C)(c2ccc(OC(F)(F)F)cc2)C1=O. The zero-order valence-electron chi connectivity index (χ0n) is 17.6. The van der Waals surface area contributed by atoms with Gasteiger partial charge in [-0.3, -0.25) is 14.5 Å². The van der Waals surface area contributed by atoms with Crippen LogP contribution in [0.4, 0.5) is 18.0 Å². The van der Waals surface area contributed by atoms with E-state index in [9.17, 15) is 27.6 Å². The number of carbonyl (C=O) groups excluding carboxylic acids is 3. The van der Waals surface area contributed by atoms with Gasteiger partial charge in [0.2, 0.25) is 5.91 Å². The Hall–Kier alpha value is -3.56. The molecule has 1 saturated heterocycles. The Bertz CT molecular complexity index is 1010. The zero-order valence-corrected chi connectivity index (χ0v) is 17.6. The molecule has 1 N–H and O–H groups in total. The second-order valence-corrected chi connectivity index (χ2v) is 7.61. The van der Waals surface area contributed by atoms with Gasteiger partial charge in [0, 0.05) is 7.05 Å². The average molecular weight is 449 g/mol.